The number of fused-ring (bicyclic) bond motifs is 1. The number of carbonyl (C=O) groups is 2. The quantitative estimate of drug-likeness (QED) is 0.0980. The highest BCUT2D eigenvalue weighted by Crippen LogP contribution is 2.31. The number of ether oxygens (including phenoxy) is 3. The number of rotatable bonds is 16. The largest absolute Gasteiger partial charge is 0.497 e. The highest BCUT2D eigenvalue weighted by atomic mass is 16.5. The van der Waals surface area contributed by atoms with E-state index < -0.39 is 0 Å². The molecule has 1 amide bonds. The number of carbonyl (C=O) groups excluding carboxylic acids is 2. The van der Waals surface area contributed by atoms with E-state index in [4.69, 9.17) is 19.2 Å². The normalized spacial score (nSPS) is 16.8. The molecule has 4 aromatic rings. The molecule has 1 saturated heterocycles. The number of amides is 1. The summed E-state index contributed by atoms with van der Waals surface area (Å²) in [5, 5.41) is 11.7. The maximum Gasteiger partial charge on any atom is 0.257 e. The maximum atomic E-state index is 13.9. The molecule has 0 saturated carbocycles. The van der Waals surface area contributed by atoms with Crippen molar-refractivity contribution in [3.05, 3.63) is 89.2 Å². The van der Waals surface area contributed by atoms with Crippen LogP contribution in [0.4, 0.5) is 0 Å². The van der Waals surface area contributed by atoms with Gasteiger partial charge < -0.3 is 28.6 Å². The summed E-state index contributed by atoms with van der Waals surface area (Å²) in [6.45, 7) is 6.71. The Bertz CT molecular complexity index is 1870. The van der Waals surface area contributed by atoms with Crippen LogP contribution in [0.2, 0.25) is 0 Å². The molecule has 12 nitrogen and oxygen atoms in total. The van der Waals surface area contributed by atoms with E-state index in [1.165, 1.54) is 0 Å². The first-order valence-electron chi connectivity index (χ1n) is 17.7. The first kappa shape index (κ1) is 35.9. The molecule has 0 N–H and O–H groups in total. The Morgan fingerprint density at radius 2 is 1.80 bits per heavy atom. The molecule has 1 aromatic heterocycles. The summed E-state index contributed by atoms with van der Waals surface area (Å²) in [4.78, 5) is 36.8. The van der Waals surface area contributed by atoms with Crippen molar-refractivity contribution < 1.29 is 23.8 Å². The van der Waals surface area contributed by atoms with E-state index in [1.807, 2.05) is 67.1 Å². The van der Waals surface area contributed by atoms with Crippen LogP contribution in [-0.2, 0) is 11.3 Å². The topological polar surface area (TPSA) is 123 Å². The fraction of sp³-hybridized carbons (Fsp3) is 0.436. The molecule has 0 spiro atoms. The van der Waals surface area contributed by atoms with Gasteiger partial charge in [0.25, 0.3) is 5.91 Å². The summed E-state index contributed by atoms with van der Waals surface area (Å²) >= 11 is 0. The molecule has 2 aliphatic rings. The number of benzene rings is 3. The van der Waals surface area contributed by atoms with Crippen molar-refractivity contribution in [2.24, 2.45) is 21.4 Å². The van der Waals surface area contributed by atoms with Crippen LogP contribution in [0.1, 0.15) is 70.2 Å². The minimum absolute atomic E-state index is 0.0450. The Hall–Kier alpha value is -4.94. The van der Waals surface area contributed by atoms with Crippen molar-refractivity contribution in [3.63, 3.8) is 0 Å². The van der Waals surface area contributed by atoms with Crippen LogP contribution in [0.15, 0.2) is 82.2 Å². The molecular weight excluding hydrogens is 646 g/mol. The highest BCUT2D eigenvalue weighted by molar-refractivity contribution is 5.98. The molecular formula is C39H47N7O5. The number of methoxy groups -OCH3 is 2. The summed E-state index contributed by atoms with van der Waals surface area (Å²) in [6.07, 6.45) is 4.03. The first-order chi connectivity index (χ1) is 24.9. The maximum absolute atomic E-state index is 13.9. The van der Waals surface area contributed by atoms with Crippen molar-refractivity contribution in [2.45, 2.75) is 44.7 Å². The van der Waals surface area contributed by atoms with Gasteiger partial charge in [-0.15, -0.1) is 5.10 Å². The number of imidazole rings is 1. The van der Waals surface area contributed by atoms with Crippen molar-refractivity contribution in [2.75, 3.05) is 60.7 Å². The second-order valence-electron chi connectivity index (χ2n) is 13.1. The fourth-order valence-corrected chi connectivity index (χ4v) is 7.05. The number of para-hydroxylation sites is 2. The zero-order chi connectivity index (χ0) is 35.7. The Labute approximate surface area is 299 Å². The predicted octanol–water partition coefficient (Wildman–Crippen LogP) is 6.42. The Morgan fingerprint density at radius 1 is 0.980 bits per heavy atom. The lowest BCUT2D eigenvalue weighted by Crippen LogP contribution is -2.39. The third-order valence-electron chi connectivity index (χ3n) is 9.93. The second kappa shape index (κ2) is 16.8. The molecule has 2 unspecified atom stereocenters. The van der Waals surface area contributed by atoms with Crippen LogP contribution in [-0.4, -0.2) is 97.9 Å². The van der Waals surface area contributed by atoms with Gasteiger partial charge in [0.1, 0.15) is 17.5 Å². The van der Waals surface area contributed by atoms with Gasteiger partial charge in [0, 0.05) is 38.6 Å². The van der Waals surface area contributed by atoms with E-state index in [2.05, 4.69) is 32.5 Å². The molecule has 1 fully saturated rings. The fourth-order valence-electron chi connectivity index (χ4n) is 7.05. The number of ketones is 1. The van der Waals surface area contributed by atoms with E-state index in [0.717, 1.165) is 66.8 Å². The number of piperidine rings is 1. The van der Waals surface area contributed by atoms with Gasteiger partial charge in [-0.05, 0) is 98.6 Å². The van der Waals surface area contributed by atoms with E-state index in [9.17, 15) is 9.59 Å². The zero-order valence-corrected chi connectivity index (χ0v) is 29.9. The zero-order valence-electron chi connectivity index (χ0n) is 29.9. The summed E-state index contributed by atoms with van der Waals surface area (Å²) in [5.41, 5.74) is 4.20. The van der Waals surface area contributed by atoms with Gasteiger partial charge in [-0.1, -0.05) is 30.3 Å². The van der Waals surface area contributed by atoms with Crippen molar-refractivity contribution in [1.82, 2.24) is 19.4 Å². The highest BCUT2D eigenvalue weighted by Gasteiger charge is 2.30. The summed E-state index contributed by atoms with van der Waals surface area (Å²) in [7, 11) is 5.06. The lowest BCUT2D eigenvalue weighted by Gasteiger charge is -2.33. The standard InChI is InChI=1S/C39H47N7O5/c1-5-51-22-21-46-35-12-7-6-11-33(35)41-38(46)37(47)27-15-18-45(19-16-27)20-17-30(28-9-8-10-31(23-28)49-3)26-44(2)39(48)32-24-29(13-14-36(32)50-4)34-25-40-43-42-34/h6-14,23-25,27,30,34H,5,15-22,26H2,1-4H3. The molecule has 2 aliphatic heterocycles. The predicted molar refractivity (Wildman–Crippen MR) is 196 cm³/mol. The van der Waals surface area contributed by atoms with Gasteiger partial charge in [0.05, 0.1) is 43.6 Å². The van der Waals surface area contributed by atoms with Crippen LogP contribution in [0.25, 0.3) is 11.0 Å². The summed E-state index contributed by atoms with van der Waals surface area (Å²) in [6, 6.07) is 21.2. The monoisotopic (exact) mass is 693 g/mol. The Morgan fingerprint density at radius 3 is 2.55 bits per heavy atom. The number of hydrogen-bond donors (Lipinski definition) is 0. The van der Waals surface area contributed by atoms with Crippen LogP contribution in [0.5, 0.6) is 11.5 Å². The molecule has 2 atom stereocenters. The average Bonchev–Trinajstić information content (AvgIpc) is 3.85. The number of Topliss-reactive ketones (excluding diaryl/α,β-unsaturated/α-hetero) is 1. The molecule has 3 aromatic carbocycles. The molecule has 6 rings (SSSR count). The lowest BCUT2D eigenvalue weighted by molar-refractivity contribution is 0.0776. The number of likely N-dealkylation sites (tertiary alicyclic amines) is 1. The Kier molecular flexibility index (Phi) is 11.8. The van der Waals surface area contributed by atoms with Gasteiger partial charge in [-0.3, -0.25) is 9.59 Å². The number of hydrogen-bond acceptors (Lipinski definition) is 10. The van der Waals surface area contributed by atoms with Gasteiger partial charge in [0.2, 0.25) is 5.78 Å². The summed E-state index contributed by atoms with van der Waals surface area (Å²) < 4.78 is 18.8. The average molecular weight is 694 g/mol. The van der Waals surface area contributed by atoms with Gasteiger partial charge in [0.15, 0.2) is 5.82 Å². The Balaban J connectivity index is 1.12. The molecule has 51 heavy (non-hydrogen) atoms. The molecule has 268 valence electrons. The van der Waals surface area contributed by atoms with Crippen molar-refractivity contribution >= 4 is 28.9 Å². The lowest BCUT2D eigenvalue weighted by atomic mass is 9.90. The van der Waals surface area contributed by atoms with Crippen LogP contribution in [0.3, 0.4) is 0 Å². The SMILES string of the molecule is CCOCCn1c(C(=O)C2CCN(CCC(CN(C)C(=O)c3cc(C4C=NN=N4)ccc3OC)c3cccc(OC)c3)CC2)nc2ccccc21. The van der Waals surface area contributed by atoms with Gasteiger partial charge in [-0.2, -0.15) is 5.11 Å². The van der Waals surface area contributed by atoms with Crippen molar-refractivity contribution in [1.29, 1.82) is 0 Å². The van der Waals surface area contributed by atoms with Crippen LogP contribution >= 0.6 is 0 Å². The van der Waals surface area contributed by atoms with E-state index in [0.29, 0.717) is 43.4 Å². The van der Waals surface area contributed by atoms with Crippen molar-refractivity contribution in [3.8, 4) is 11.5 Å². The smallest absolute Gasteiger partial charge is 0.257 e. The molecule has 0 bridgehead atoms. The molecule has 3 heterocycles. The molecule has 0 aliphatic carbocycles. The minimum atomic E-state index is -0.321. The number of likely N-dealkylation sites (N-methyl/N-ethyl adjacent to an activating group) is 1. The third-order valence-corrected chi connectivity index (χ3v) is 9.93. The second-order valence-corrected chi connectivity index (χ2v) is 13.1. The van der Waals surface area contributed by atoms with Gasteiger partial charge >= 0.3 is 0 Å². The molecule has 12 heteroatoms. The number of aromatic nitrogens is 2. The van der Waals surface area contributed by atoms with E-state index >= 15 is 0 Å². The first-order valence-corrected chi connectivity index (χ1v) is 17.7. The molecule has 0 radical (unpaired) electrons. The van der Waals surface area contributed by atoms with Crippen LogP contribution in [0, 0.1) is 5.92 Å². The number of nitrogens with zero attached hydrogens (tertiary/aromatic N) is 7. The van der Waals surface area contributed by atoms with Crippen LogP contribution < -0.4 is 9.47 Å². The van der Waals surface area contributed by atoms with Gasteiger partial charge in [-0.25, -0.2) is 4.98 Å². The van der Waals surface area contributed by atoms with E-state index in [-0.39, 0.29) is 29.6 Å². The minimum Gasteiger partial charge on any atom is -0.497 e. The third kappa shape index (κ3) is 8.34. The van der Waals surface area contributed by atoms with E-state index in [1.54, 1.807) is 31.4 Å². The summed E-state index contributed by atoms with van der Waals surface area (Å²) in [5.74, 6) is 1.75.